The zero-order valence-corrected chi connectivity index (χ0v) is 14.1. The topological polar surface area (TPSA) is 71.2 Å². The van der Waals surface area contributed by atoms with Crippen LogP contribution in [0.4, 0.5) is 4.79 Å². The third kappa shape index (κ3) is 4.26. The lowest BCUT2D eigenvalue weighted by molar-refractivity contribution is -0.134. The van der Waals surface area contributed by atoms with Crippen LogP contribution in [0.25, 0.3) is 0 Å². The normalized spacial score (nSPS) is 22.9. The quantitative estimate of drug-likeness (QED) is 0.808. The van der Waals surface area contributed by atoms with Crippen molar-refractivity contribution < 1.29 is 19.1 Å². The molecule has 0 saturated carbocycles. The fraction of sp³-hybridized carbons (Fsp3) is 0.556. The van der Waals surface area contributed by atoms with Gasteiger partial charge in [-0.2, -0.15) is 0 Å². The predicted octanol–water partition coefficient (Wildman–Crippen LogP) is 1.94. The van der Waals surface area contributed by atoms with Crippen LogP contribution in [-0.4, -0.2) is 48.2 Å². The Morgan fingerprint density at radius 2 is 1.92 bits per heavy atom. The summed E-state index contributed by atoms with van der Waals surface area (Å²) in [4.78, 5) is 26.5. The smallest absolute Gasteiger partial charge is 0.408 e. The lowest BCUT2D eigenvalue weighted by Crippen LogP contribution is -2.49. The summed E-state index contributed by atoms with van der Waals surface area (Å²) < 4.78 is 10.6. The number of epoxide rings is 1. The van der Waals surface area contributed by atoms with Gasteiger partial charge in [0.05, 0.1) is 0 Å². The van der Waals surface area contributed by atoms with Crippen LogP contribution >= 0.6 is 0 Å². The summed E-state index contributed by atoms with van der Waals surface area (Å²) in [7, 11) is 0. The van der Waals surface area contributed by atoms with E-state index in [4.69, 9.17) is 9.47 Å². The van der Waals surface area contributed by atoms with Crippen LogP contribution in [0.5, 0.6) is 0 Å². The molecule has 0 aromatic heterocycles. The van der Waals surface area contributed by atoms with Crippen LogP contribution in [0.1, 0.15) is 25.8 Å². The Balaban J connectivity index is 1.52. The van der Waals surface area contributed by atoms with Crippen molar-refractivity contribution in [1.29, 1.82) is 0 Å². The Hall–Kier alpha value is -2.08. The number of carbonyl (C=O) groups is 2. The van der Waals surface area contributed by atoms with Crippen LogP contribution in [-0.2, 0) is 20.9 Å². The largest absolute Gasteiger partial charge is 0.445 e. The minimum Gasteiger partial charge on any atom is -0.445 e. The first-order valence-electron chi connectivity index (χ1n) is 8.44. The summed E-state index contributed by atoms with van der Waals surface area (Å²) in [5.41, 5.74) is 0.913. The Kier molecular flexibility index (Phi) is 5.04. The van der Waals surface area contributed by atoms with E-state index in [1.165, 1.54) is 0 Å². The van der Waals surface area contributed by atoms with Crippen LogP contribution in [0.15, 0.2) is 30.3 Å². The first kappa shape index (κ1) is 16.8. The highest BCUT2D eigenvalue weighted by atomic mass is 16.6. The molecule has 0 bridgehead atoms. The van der Waals surface area contributed by atoms with Crippen LogP contribution < -0.4 is 5.32 Å². The maximum Gasteiger partial charge on any atom is 0.408 e. The molecule has 1 aromatic carbocycles. The zero-order chi connectivity index (χ0) is 17.1. The molecule has 6 heteroatoms. The fourth-order valence-corrected chi connectivity index (χ4v) is 3.01. The summed E-state index contributed by atoms with van der Waals surface area (Å²) in [5, 5.41) is 2.73. The summed E-state index contributed by atoms with van der Waals surface area (Å²) in [6.45, 7) is 5.50. The molecule has 2 saturated heterocycles. The van der Waals surface area contributed by atoms with Gasteiger partial charge in [0, 0.05) is 13.1 Å². The van der Waals surface area contributed by atoms with Gasteiger partial charge >= 0.3 is 6.09 Å². The van der Waals surface area contributed by atoms with E-state index in [0.29, 0.717) is 25.4 Å². The molecule has 2 amide bonds. The van der Waals surface area contributed by atoms with Gasteiger partial charge in [0.25, 0.3) is 0 Å². The van der Waals surface area contributed by atoms with Crippen LogP contribution in [0, 0.1) is 5.92 Å². The lowest BCUT2D eigenvalue weighted by atomic mass is 10.0. The molecule has 2 fully saturated rings. The third-order valence-electron chi connectivity index (χ3n) is 4.31. The minimum atomic E-state index is -0.557. The molecule has 130 valence electrons. The minimum absolute atomic E-state index is 0.0452. The number of alkyl carbamates (subject to hydrolysis) is 1. The van der Waals surface area contributed by atoms with E-state index < -0.39 is 12.1 Å². The third-order valence-corrected chi connectivity index (χ3v) is 4.31. The molecule has 2 aliphatic heterocycles. The molecule has 0 spiro atoms. The number of ether oxygens (including phenoxy) is 2. The highest BCUT2D eigenvalue weighted by molar-refractivity contribution is 5.86. The maximum absolute atomic E-state index is 12.7. The first-order valence-corrected chi connectivity index (χ1v) is 8.44. The molecular formula is C18H24N2O4. The number of nitrogens with one attached hydrogen (secondary N) is 1. The van der Waals surface area contributed by atoms with Gasteiger partial charge < -0.3 is 19.7 Å². The number of hydrogen-bond donors (Lipinski definition) is 1. The lowest BCUT2D eigenvalue weighted by Gasteiger charge is -2.25. The Labute approximate surface area is 142 Å². The number of rotatable bonds is 6. The Morgan fingerprint density at radius 1 is 1.25 bits per heavy atom. The number of nitrogens with zero attached hydrogens (tertiary/aromatic N) is 1. The molecule has 0 radical (unpaired) electrons. The number of hydrogen-bond acceptors (Lipinski definition) is 4. The van der Waals surface area contributed by atoms with E-state index in [9.17, 15) is 9.59 Å². The summed E-state index contributed by atoms with van der Waals surface area (Å²) in [6, 6.07) is 8.92. The number of likely N-dealkylation sites (tertiary alicyclic amines) is 1. The van der Waals surface area contributed by atoms with Gasteiger partial charge in [-0.1, -0.05) is 44.2 Å². The average molecular weight is 332 g/mol. The molecule has 2 unspecified atom stereocenters. The van der Waals surface area contributed by atoms with Crippen molar-refractivity contribution in [2.45, 2.75) is 45.1 Å². The Bertz CT molecular complexity index is 580. The van der Waals surface area contributed by atoms with Gasteiger partial charge in [0.1, 0.15) is 24.9 Å². The second kappa shape index (κ2) is 7.21. The van der Waals surface area contributed by atoms with Crippen molar-refractivity contribution in [1.82, 2.24) is 10.2 Å². The maximum atomic E-state index is 12.7. The zero-order valence-electron chi connectivity index (χ0n) is 14.1. The number of amides is 2. The van der Waals surface area contributed by atoms with E-state index in [1.807, 2.05) is 44.2 Å². The van der Waals surface area contributed by atoms with Gasteiger partial charge in [0.15, 0.2) is 0 Å². The molecule has 24 heavy (non-hydrogen) atoms. The van der Waals surface area contributed by atoms with Crippen molar-refractivity contribution in [2.24, 2.45) is 5.92 Å². The molecule has 6 nitrogen and oxygen atoms in total. The molecule has 2 heterocycles. The second-order valence-electron chi connectivity index (χ2n) is 6.84. The molecular weight excluding hydrogens is 308 g/mol. The average Bonchev–Trinajstić information content (AvgIpc) is 3.18. The van der Waals surface area contributed by atoms with Gasteiger partial charge in [-0.15, -0.1) is 0 Å². The van der Waals surface area contributed by atoms with E-state index in [0.717, 1.165) is 5.56 Å². The van der Waals surface area contributed by atoms with Gasteiger partial charge in [0.2, 0.25) is 5.91 Å². The SMILES string of the molecule is CC(C)C[C@H](NC(=O)OCc1ccccc1)C(=O)N1CC2OC2C1. The molecule has 3 atom stereocenters. The fourth-order valence-electron chi connectivity index (χ4n) is 3.01. The van der Waals surface area contributed by atoms with Crippen LogP contribution in [0.2, 0.25) is 0 Å². The van der Waals surface area contributed by atoms with Crippen molar-refractivity contribution in [2.75, 3.05) is 13.1 Å². The van der Waals surface area contributed by atoms with Gasteiger partial charge in [-0.05, 0) is 17.9 Å². The number of fused-ring (bicyclic) bond motifs is 1. The van der Waals surface area contributed by atoms with Crippen molar-refractivity contribution >= 4 is 12.0 Å². The standard InChI is InChI=1S/C18H24N2O4/c1-12(2)8-14(17(21)20-9-15-16(10-20)24-15)19-18(22)23-11-13-6-4-3-5-7-13/h3-7,12,14-16H,8-11H2,1-2H3,(H,19,22)/t14-,15?,16?/m0/s1. The van der Waals surface area contributed by atoms with E-state index in [2.05, 4.69) is 5.32 Å². The van der Waals surface area contributed by atoms with Crippen molar-refractivity contribution in [3.63, 3.8) is 0 Å². The van der Waals surface area contributed by atoms with E-state index >= 15 is 0 Å². The molecule has 0 aliphatic carbocycles. The Morgan fingerprint density at radius 3 is 2.54 bits per heavy atom. The highest BCUT2D eigenvalue weighted by Gasteiger charge is 2.49. The van der Waals surface area contributed by atoms with E-state index in [-0.39, 0.29) is 24.7 Å². The van der Waals surface area contributed by atoms with Crippen molar-refractivity contribution in [3.05, 3.63) is 35.9 Å². The summed E-state index contributed by atoms with van der Waals surface area (Å²) in [6.07, 6.45) is 0.419. The summed E-state index contributed by atoms with van der Waals surface area (Å²) in [5.74, 6) is 0.248. The van der Waals surface area contributed by atoms with E-state index in [1.54, 1.807) is 4.90 Å². The molecule has 1 N–H and O–H groups in total. The predicted molar refractivity (Wildman–Crippen MR) is 88.2 cm³/mol. The monoisotopic (exact) mass is 332 g/mol. The van der Waals surface area contributed by atoms with Crippen molar-refractivity contribution in [3.8, 4) is 0 Å². The van der Waals surface area contributed by atoms with Crippen LogP contribution in [0.3, 0.4) is 0 Å². The molecule has 1 aromatic rings. The second-order valence-corrected chi connectivity index (χ2v) is 6.84. The first-order chi connectivity index (χ1) is 11.5. The van der Waals surface area contributed by atoms with Gasteiger partial charge in [-0.3, -0.25) is 4.79 Å². The number of morpholine rings is 1. The highest BCUT2D eigenvalue weighted by Crippen LogP contribution is 2.31. The number of carbonyl (C=O) groups excluding carboxylic acids is 2. The molecule has 2 aliphatic rings. The summed E-state index contributed by atoms with van der Waals surface area (Å²) >= 11 is 0. The number of benzene rings is 1. The van der Waals surface area contributed by atoms with Gasteiger partial charge in [-0.25, -0.2) is 4.79 Å². The molecule has 3 rings (SSSR count).